The molecule has 0 atom stereocenters. The standard InChI is InChI=1S/C61H57N9O10/c71-52(34-69(36-54(74)75)31-29-68(35-53(72)73)30-32-70(37-55(76)77)38-56(78)79)62-27-28-63-61(80)43-18-10-17-42(33-43)60-50-25-23-48(66-50)58(40-13-6-2-7-14-40)46-21-19-44(64-46)57(39-11-4-1-5-12-39)45-20-22-47(65-45)59(41-15-8-3-9-16-41)49-24-26-51(60)67-49/h1-26,33,64,67H,27-32,34-38H2,(H,62,71)(H,63,80)(H,72,73)(H,74,75)(H,76,77)(H,78,79). The fraction of sp³-hybridized carbons (Fsp3) is 0.180. The Morgan fingerprint density at radius 1 is 0.388 bits per heavy atom. The van der Waals surface area contributed by atoms with Crippen molar-refractivity contribution in [3.63, 3.8) is 0 Å². The van der Waals surface area contributed by atoms with Crippen LogP contribution in [0.1, 0.15) is 33.1 Å². The van der Waals surface area contributed by atoms with Crippen molar-refractivity contribution in [2.24, 2.45) is 0 Å². The lowest BCUT2D eigenvalue weighted by molar-refractivity contribution is -0.143. The molecule has 2 aliphatic heterocycles. The summed E-state index contributed by atoms with van der Waals surface area (Å²) in [5.41, 5.74) is 13.6. The van der Waals surface area contributed by atoms with E-state index in [1.807, 2.05) is 91.0 Å². The molecule has 7 aromatic rings. The number of hydrogen-bond acceptors (Lipinski definition) is 11. The molecule has 2 aliphatic rings. The van der Waals surface area contributed by atoms with Gasteiger partial charge in [0.05, 0.1) is 55.5 Å². The minimum atomic E-state index is -1.26. The van der Waals surface area contributed by atoms with E-state index in [1.54, 1.807) is 18.2 Å². The summed E-state index contributed by atoms with van der Waals surface area (Å²) < 4.78 is 0. The van der Waals surface area contributed by atoms with Crippen LogP contribution in [-0.4, -0.2) is 163 Å². The zero-order valence-corrected chi connectivity index (χ0v) is 43.3. The quantitative estimate of drug-likeness (QED) is 0.0274. The number of nitrogens with zero attached hydrogens (tertiary/aromatic N) is 5. The number of benzene rings is 4. The van der Waals surface area contributed by atoms with Gasteiger partial charge in [-0.2, -0.15) is 0 Å². The first-order chi connectivity index (χ1) is 38.8. The van der Waals surface area contributed by atoms with E-state index in [4.69, 9.17) is 9.97 Å². The van der Waals surface area contributed by atoms with Gasteiger partial charge in [0.25, 0.3) is 5.91 Å². The maximum absolute atomic E-state index is 13.9. The molecule has 0 fully saturated rings. The normalized spacial score (nSPS) is 11.8. The Hall–Kier alpha value is -9.82. The van der Waals surface area contributed by atoms with Crippen molar-refractivity contribution in [3.8, 4) is 44.5 Å². The van der Waals surface area contributed by atoms with Crippen molar-refractivity contribution in [1.82, 2.24) is 45.3 Å². The van der Waals surface area contributed by atoms with Crippen LogP contribution in [0.5, 0.6) is 0 Å². The van der Waals surface area contributed by atoms with Crippen LogP contribution < -0.4 is 10.6 Å². The molecule has 3 aromatic heterocycles. The van der Waals surface area contributed by atoms with Crippen LogP contribution in [0.4, 0.5) is 0 Å². The minimum Gasteiger partial charge on any atom is -0.480 e. The lowest BCUT2D eigenvalue weighted by atomic mass is 10.0. The van der Waals surface area contributed by atoms with Crippen molar-refractivity contribution < 1.29 is 49.2 Å². The number of H-pyrrole nitrogens is 2. The number of nitrogens with one attached hydrogen (secondary N) is 4. The molecule has 406 valence electrons. The summed E-state index contributed by atoms with van der Waals surface area (Å²) >= 11 is 0. The highest BCUT2D eigenvalue weighted by Crippen LogP contribution is 2.38. The van der Waals surface area contributed by atoms with Gasteiger partial charge < -0.3 is 41.0 Å². The number of carbonyl (C=O) groups excluding carboxylic acids is 2. The first-order valence-corrected chi connectivity index (χ1v) is 25.8. The summed E-state index contributed by atoms with van der Waals surface area (Å²) in [6.07, 6.45) is 8.07. The second kappa shape index (κ2) is 25.6. The molecule has 8 N–H and O–H groups in total. The van der Waals surface area contributed by atoms with Gasteiger partial charge in [-0.05, 0) is 83.0 Å². The lowest BCUT2D eigenvalue weighted by Gasteiger charge is -2.27. The Kier molecular flexibility index (Phi) is 17.6. The van der Waals surface area contributed by atoms with Crippen LogP contribution in [0, 0.1) is 0 Å². The van der Waals surface area contributed by atoms with Crippen molar-refractivity contribution in [2.75, 3.05) is 72.0 Å². The molecule has 0 saturated heterocycles. The summed E-state index contributed by atoms with van der Waals surface area (Å²) in [7, 11) is 0. The fourth-order valence-electron chi connectivity index (χ4n) is 9.82. The molecule has 9 rings (SSSR count). The number of carboxylic acids is 4. The second-order valence-corrected chi connectivity index (χ2v) is 19.1. The summed E-state index contributed by atoms with van der Waals surface area (Å²) in [6, 6.07) is 45.7. The van der Waals surface area contributed by atoms with E-state index in [0.29, 0.717) is 16.8 Å². The van der Waals surface area contributed by atoms with Gasteiger partial charge in [-0.15, -0.1) is 0 Å². The summed E-state index contributed by atoms with van der Waals surface area (Å²) in [6.45, 7) is -2.79. The SMILES string of the molecule is O=C(O)CN(CCN(CC(=O)O)CC(=O)O)CCN(CC(=O)O)CC(=O)NCCNC(=O)c1cccc(-c2c3nc(c(-c4ccccc4)c4ccc([nH]4)c(-c4ccccc4)c4nc(c(-c5ccccc5)c5ccc2[nH]5)C=C4)C=C3)c1. The van der Waals surface area contributed by atoms with E-state index in [0.717, 1.165) is 83.0 Å². The maximum atomic E-state index is 13.9. The maximum Gasteiger partial charge on any atom is 0.317 e. The molecule has 19 heteroatoms. The van der Waals surface area contributed by atoms with Crippen LogP contribution in [0.2, 0.25) is 0 Å². The van der Waals surface area contributed by atoms with Crippen molar-refractivity contribution >= 4 is 82.1 Å². The largest absolute Gasteiger partial charge is 0.480 e. The van der Waals surface area contributed by atoms with Gasteiger partial charge in [-0.1, -0.05) is 103 Å². The van der Waals surface area contributed by atoms with Gasteiger partial charge in [0.2, 0.25) is 5.91 Å². The molecular weight excluding hydrogens is 1020 g/mol. The highest BCUT2D eigenvalue weighted by molar-refractivity contribution is 6.01. The fourth-order valence-corrected chi connectivity index (χ4v) is 9.82. The Bertz CT molecular complexity index is 3640. The first-order valence-electron chi connectivity index (χ1n) is 25.8. The van der Waals surface area contributed by atoms with E-state index in [-0.39, 0.29) is 45.8 Å². The van der Waals surface area contributed by atoms with Crippen LogP contribution >= 0.6 is 0 Å². The zero-order chi connectivity index (χ0) is 56.1. The molecule has 0 unspecified atom stereocenters. The Morgan fingerprint density at radius 2 is 0.725 bits per heavy atom. The summed E-state index contributed by atoms with van der Waals surface area (Å²) in [4.78, 5) is 95.1. The number of aliphatic carboxylic acids is 4. The molecule has 0 saturated carbocycles. The molecule has 4 aromatic carbocycles. The first kappa shape index (κ1) is 55.0. The number of aromatic nitrogens is 4. The molecule has 2 amide bonds. The van der Waals surface area contributed by atoms with Crippen molar-refractivity contribution in [2.45, 2.75) is 0 Å². The van der Waals surface area contributed by atoms with Gasteiger partial charge in [-0.3, -0.25) is 43.5 Å². The molecule has 0 radical (unpaired) electrons. The average molecular weight is 1080 g/mol. The third-order valence-corrected chi connectivity index (χ3v) is 13.4. The number of amides is 2. The number of hydrogen-bond donors (Lipinski definition) is 8. The number of rotatable bonds is 24. The second-order valence-electron chi connectivity index (χ2n) is 19.1. The van der Waals surface area contributed by atoms with Gasteiger partial charge >= 0.3 is 23.9 Å². The van der Waals surface area contributed by atoms with E-state index in [2.05, 4.69) is 75.2 Å². The lowest BCUT2D eigenvalue weighted by Crippen LogP contribution is -2.47. The van der Waals surface area contributed by atoms with Crippen LogP contribution in [0.25, 0.3) is 90.9 Å². The Morgan fingerprint density at radius 3 is 1.12 bits per heavy atom. The van der Waals surface area contributed by atoms with Gasteiger partial charge in [-0.25, -0.2) is 9.97 Å². The summed E-state index contributed by atoms with van der Waals surface area (Å²) in [5.74, 6) is -5.93. The van der Waals surface area contributed by atoms with Crippen LogP contribution in [-0.2, 0) is 24.0 Å². The van der Waals surface area contributed by atoms with E-state index >= 15 is 0 Å². The van der Waals surface area contributed by atoms with E-state index < -0.39 is 61.9 Å². The third kappa shape index (κ3) is 13.8. The van der Waals surface area contributed by atoms with E-state index in [9.17, 15) is 49.2 Å². The molecule has 0 aliphatic carbocycles. The topological polar surface area (TPSA) is 274 Å². The van der Waals surface area contributed by atoms with Gasteiger partial charge in [0, 0.05) is 89.2 Å². The van der Waals surface area contributed by atoms with Crippen molar-refractivity contribution in [1.29, 1.82) is 0 Å². The number of aromatic amines is 2. The Labute approximate surface area is 459 Å². The third-order valence-electron chi connectivity index (χ3n) is 13.4. The highest BCUT2D eigenvalue weighted by atomic mass is 16.4. The highest BCUT2D eigenvalue weighted by Gasteiger charge is 2.22. The average Bonchev–Trinajstić information content (AvgIpc) is 4.40. The molecule has 5 heterocycles. The molecule has 0 spiro atoms. The molecule has 80 heavy (non-hydrogen) atoms. The minimum absolute atomic E-state index is 0.00369. The monoisotopic (exact) mass is 1080 g/mol. The molecule has 8 bridgehead atoms. The number of carbonyl (C=O) groups is 6. The van der Waals surface area contributed by atoms with Gasteiger partial charge in [0.1, 0.15) is 0 Å². The predicted molar refractivity (Wildman–Crippen MR) is 306 cm³/mol. The van der Waals surface area contributed by atoms with Crippen LogP contribution in [0.3, 0.4) is 0 Å². The Balaban J connectivity index is 0.996. The molecule has 19 nitrogen and oxygen atoms in total. The smallest absolute Gasteiger partial charge is 0.317 e. The molecular formula is C61H57N9O10. The summed E-state index contributed by atoms with van der Waals surface area (Å²) in [5, 5.41) is 43.1. The number of carboxylic acid groups (broad SMARTS) is 4. The van der Waals surface area contributed by atoms with Crippen molar-refractivity contribution in [3.05, 3.63) is 168 Å². The van der Waals surface area contributed by atoms with E-state index in [1.165, 1.54) is 9.80 Å². The number of fused-ring (bicyclic) bond motifs is 8. The zero-order valence-electron chi connectivity index (χ0n) is 43.3. The van der Waals surface area contributed by atoms with Crippen LogP contribution in [0.15, 0.2) is 140 Å². The van der Waals surface area contributed by atoms with Gasteiger partial charge in [0.15, 0.2) is 0 Å². The predicted octanol–water partition coefficient (Wildman–Crippen LogP) is 7.41.